The number of para-hydroxylation sites is 1. The molecule has 1 unspecified atom stereocenters. The summed E-state index contributed by atoms with van der Waals surface area (Å²) in [6.07, 6.45) is 2.19. The van der Waals surface area contributed by atoms with Crippen molar-refractivity contribution < 1.29 is 19.1 Å². The van der Waals surface area contributed by atoms with Crippen LogP contribution in [0.15, 0.2) is 124 Å². The fourth-order valence-corrected chi connectivity index (χ4v) is 6.49. The van der Waals surface area contributed by atoms with Crippen LogP contribution in [0.2, 0.25) is 0 Å². The monoisotopic (exact) mass is 726 g/mol. The highest BCUT2D eigenvalue weighted by Gasteiger charge is 2.21. The van der Waals surface area contributed by atoms with Crippen molar-refractivity contribution in [3.05, 3.63) is 130 Å². The highest BCUT2D eigenvalue weighted by molar-refractivity contribution is 9.10. The lowest BCUT2D eigenvalue weighted by atomic mass is 10.1. The molecule has 5 rings (SSSR count). The number of amides is 3. The number of benzene rings is 4. The Balaban J connectivity index is 1.27. The van der Waals surface area contributed by atoms with E-state index in [1.54, 1.807) is 49.6 Å². The Kier molecular flexibility index (Phi) is 11.6. The third-order valence-electron chi connectivity index (χ3n) is 6.86. The first kappa shape index (κ1) is 33.6. The van der Waals surface area contributed by atoms with Crippen molar-refractivity contribution >= 4 is 73.6 Å². The molecule has 3 amide bonds. The molecule has 1 heterocycles. The molecule has 0 fully saturated rings. The Morgan fingerprint density at radius 3 is 2.43 bits per heavy atom. The normalized spacial score (nSPS) is 11.8. The number of carbonyl (C=O) groups is 3. The Hall–Kier alpha value is -4.71. The van der Waals surface area contributed by atoms with Crippen LogP contribution >= 0.6 is 39.0 Å². The second-order valence-electron chi connectivity index (χ2n) is 10.2. The molecular formula is C36H31BrN4O4S2. The molecule has 4 aromatic carbocycles. The number of rotatable bonds is 12. The number of ether oxygens (including phenoxy) is 1. The van der Waals surface area contributed by atoms with E-state index in [4.69, 9.17) is 4.74 Å². The van der Waals surface area contributed by atoms with Crippen LogP contribution in [0.1, 0.15) is 29.3 Å². The van der Waals surface area contributed by atoms with Gasteiger partial charge in [-0.25, -0.2) is 4.98 Å². The SMILES string of the molecule is CCC(Sc1cccc(NC(=O)/C(=C/c2ccc(Br)cc2)NC(=O)c2ccccc2)c1)C(=O)Nc1nc(-c2ccccc2OC)cs1. The molecule has 0 aliphatic carbocycles. The largest absolute Gasteiger partial charge is 0.496 e. The summed E-state index contributed by atoms with van der Waals surface area (Å²) in [5.74, 6) is -0.352. The number of thiazole rings is 1. The van der Waals surface area contributed by atoms with Crippen molar-refractivity contribution in [2.75, 3.05) is 17.7 Å². The van der Waals surface area contributed by atoms with E-state index in [0.717, 1.165) is 26.2 Å². The summed E-state index contributed by atoms with van der Waals surface area (Å²) in [5.41, 5.74) is 3.34. The number of aromatic nitrogens is 1. The fourth-order valence-electron chi connectivity index (χ4n) is 4.50. The molecule has 0 saturated carbocycles. The number of nitrogens with one attached hydrogen (secondary N) is 3. The van der Waals surface area contributed by atoms with Crippen molar-refractivity contribution in [2.45, 2.75) is 23.5 Å². The van der Waals surface area contributed by atoms with Gasteiger partial charge in [0.05, 0.1) is 18.1 Å². The third-order valence-corrected chi connectivity index (χ3v) is 9.50. The van der Waals surface area contributed by atoms with E-state index < -0.39 is 17.1 Å². The summed E-state index contributed by atoms with van der Waals surface area (Å²) in [5, 5.41) is 10.6. The number of halogens is 1. The van der Waals surface area contributed by atoms with Crippen molar-refractivity contribution in [2.24, 2.45) is 0 Å². The summed E-state index contributed by atoms with van der Waals surface area (Å²) >= 11 is 6.16. The summed E-state index contributed by atoms with van der Waals surface area (Å²) in [4.78, 5) is 45.2. The maximum atomic E-state index is 13.5. The van der Waals surface area contributed by atoms with Gasteiger partial charge in [0.25, 0.3) is 11.8 Å². The number of anilines is 2. The minimum atomic E-state index is -0.487. The average molecular weight is 728 g/mol. The van der Waals surface area contributed by atoms with Gasteiger partial charge in [-0.3, -0.25) is 14.4 Å². The smallest absolute Gasteiger partial charge is 0.272 e. The lowest BCUT2D eigenvalue weighted by Crippen LogP contribution is -2.30. The minimum Gasteiger partial charge on any atom is -0.496 e. The number of hydrogen-bond acceptors (Lipinski definition) is 7. The maximum Gasteiger partial charge on any atom is 0.272 e. The molecule has 0 aliphatic rings. The number of carbonyl (C=O) groups excluding carboxylic acids is 3. The Morgan fingerprint density at radius 2 is 1.68 bits per heavy atom. The van der Waals surface area contributed by atoms with Gasteiger partial charge in [0, 0.05) is 31.6 Å². The Morgan fingerprint density at radius 1 is 0.936 bits per heavy atom. The zero-order valence-electron chi connectivity index (χ0n) is 25.5. The van der Waals surface area contributed by atoms with Crippen LogP contribution in [0.4, 0.5) is 10.8 Å². The minimum absolute atomic E-state index is 0.0842. The molecule has 1 atom stereocenters. The van der Waals surface area contributed by atoms with Gasteiger partial charge in [-0.15, -0.1) is 23.1 Å². The predicted octanol–water partition coefficient (Wildman–Crippen LogP) is 8.50. The van der Waals surface area contributed by atoms with E-state index in [0.29, 0.717) is 28.6 Å². The summed E-state index contributed by atoms with van der Waals surface area (Å²) in [6.45, 7) is 1.94. The molecule has 47 heavy (non-hydrogen) atoms. The van der Waals surface area contributed by atoms with Crippen molar-refractivity contribution in [1.29, 1.82) is 0 Å². The van der Waals surface area contributed by atoms with Gasteiger partial charge in [-0.05, 0) is 72.7 Å². The highest BCUT2D eigenvalue weighted by atomic mass is 79.9. The van der Waals surface area contributed by atoms with Gasteiger partial charge in [0.15, 0.2) is 5.13 Å². The Bertz CT molecular complexity index is 1890. The van der Waals surface area contributed by atoms with Crippen molar-refractivity contribution in [3.63, 3.8) is 0 Å². The van der Waals surface area contributed by atoms with E-state index in [9.17, 15) is 14.4 Å². The van der Waals surface area contributed by atoms with E-state index in [-0.39, 0.29) is 11.6 Å². The topological polar surface area (TPSA) is 109 Å². The molecular weight excluding hydrogens is 696 g/mol. The second-order valence-corrected chi connectivity index (χ2v) is 13.2. The molecule has 0 bridgehead atoms. The first-order valence-electron chi connectivity index (χ1n) is 14.6. The average Bonchev–Trinajstić information content (AvgIpc) is 3.56. The van der Waals surface area contributed by atoms with Crippen LogP contribution in [0.25, 0.3) is 17.3 Å². The van der Waals surface area contributed by atoms with Gasteiger partial charge in [0.2, 0.25) is 5.91 Å². The molecule has 3 N–H and O–H groups in total. The van der Waals surface area contributed by atoms with E-state index in [1.165, 1.54) is 23.1 Å². The van der Waals surface area contributed by atoms with Gasteiger partial charge in [-0.1, -0.05) is 71.4 Å². The molecule has 238 valence electrons. The van der Waals surface area contributed by atoms with E-state index in [2.05, 4.69) is 36.9 Å². The van der Waals surface area contributed by atoms with Crippen LogP contribution in [0.5, 0.6) is 5.75 Å². The molecule has 11 heteroatoms. The number of nitrogens with zero attached hydrogens (tertiary/aromatic N) is 1. The Labute approximate surface area is 289 Å². The molecule has 0 aliphatic heterocycles. The first-order chi connectivity index (χ1) is 22.8. The summed E-state index contributed by atoms with van der Waals surface area (Å²) in [6, 6.07) is 30.9. The molecule has 1 aromatic heterocycles. The van der Waals surface area contributed by atoms with Crippen LogP contribution in [-0.2, 0) is 9.59 Å². The number of methoxy groups -OCH3 is 1. The second kappa shape index (κ2) is 16.2. The van der Waals surface area contributed by atoms with E-state index >= 15 is 0 Å². The fraction of sp³-hybridized carbons (Fsp3) is 0.111. The standard InChI is InChI=1S/C36H31BrN4O4S2/c1-3-32(35(44)41-36-40-30(22-46-36)28-14-7-8-15-31(28)45-2)47-27-13-9-12-26(21-27)38-34(43)29(20-23-16-18-25(37)19-17-23)39-33(42)24-10-5-4-6-11-24/h4-22,32H,3H2,1-2H3,(H,38,43)(H,39,42)(H,40,41,44)/b29-20-. The summed E-state index contributed by atoms with van der Waals surface area (Å²) < 4.78 is 6.34. The lowest BCUT2D eigenvalue weighted by Gasteiger charge is -2.15. The van der Waals surface area contributed by atoms with Gasteiger partial charge >= 0.3 is 0 Å². The molecule has 8 nitrogen and oxygen atoms in total. The molecule has 0 spiro atoms. The van der Waals surface area contributed by atoms with Crippen LogP contribution in [0, 0.1) is 0 Å². The third kappa shape index (κ3) is 9.19. The van der Waals surface area contributed by atoms with Gasteiger partial charge in [0.1, 0.15) is 11.4 Å². The van der Waals surface area contributed by atoms with Gasteiger partial charge < -0.3 is 20.7 Å². The van der Waals surface area contributed by atoms with Crippen LogP contribution < -0.4 is 20.7 Å². The number of hydrogen-bond donors (Lipinski definition) is 3. The highest BCUT2D eigenvalue weighted by Crippen LogP contribution is 2.33. The zero-order valence-corrected chi connectivity index (χ0v) is 28.7. The zero-order chi connectivity index (χ0) is 33.2. The number of thioether (sulfide) groups is 1. The van der Waals surface area contributed by atoms with Gasteiger partial charge in [-0.2, -0.15) is 0 Å². The molecule has 0 radical (unpaired) electrons. The lowest BCUT2D eigenvalue weighted by molar-refractivity contribution is -0.116. The van der Waals surface area contributed by atoms with Crippen molar-refractivity contribution in [3.8, 4) is 17.0 Å². The molecule has 0 saturated heterocycles. The van der Waals surface area contributed by atoms with E-state index in [1.807, 2.05) is 79.0 Å². The first-order valence-corrected chi connectivity index (χ1v) is 17.2. The van der Waals surface area contributed by atoms with Crippen LogP contribution in [0.3, 0.4) is 0 Å². The predicted molar refractivity (Wildman–Crippen MR) is 194 cm³/mol. The van der Waals surface area contributed by atoms with Crippen molar-refractivity contribution in [1.82, 2.24) is 10.3 Å². The quantitative estimate of drug-likeness (QED) is 0.0879. The molecule has 5 aromatic rings. The summed E-state index contributed by atoms with van der Waals surface area (Å²) in [7, 11) is 1.61. The maximum absolute atomic E-state index is 13.5. The van der Waals surface area contributed by atoms with Crippen LogP contribution in [-0.4, -0.2) is 35.1 Å².